The molecule has 0 bridgehead atoms. The van der Waals surface area contributed by atoms with Crippen LogP contribution in [0.15, 0.2) is 42.5 Å². The molecule has 19 heavy (non-hydrogen) atoms. The summed E-state index contributed by atoms with van der Waals surface area (Å²) in [4.78, 5) is 0.282. The standard InChI is InChI=1S/C14H12Cl2N2S/c15-10-6-4-9(5-7-10)8-18-12-3-1-2-11(16)13(12)14(17)19/h1-7,18H,8H2,(H2,17,19). The van der Waals surface area contributed by atoms with Crippen LogP contribution in [0.1, 0.15) is 11.1 Å². The highest BCUT2D eigenvalue weighted by Gasteiger charge is 2.09. The number of benzene rings is 2. The third kappa shape index (κ3) is 3.60. The molecule has 2 rings (SSSR count). The summed E-state index contributed by atoms with van der Waals surface area (Å²) in [6.07, 6.45) is 0. The lowest BCUT2D eigenvalue weighted by Crippen LogP contribution is -2.13. The number of halogens is 2. The molecule has 0 aliphatic rings. The van der Waals surface area contributed by atoms with Crippen LogP contribution >= 0.6 is 35.4 Å². The molecule has 2 aromatic rings. The Kier molecular flexibility index (Phi) is 4.64. The monoisotopic (exact) mass is 310 g/mol. The van der Waals surface area contributed by atoms with E-state index in [0.717, 1.165) is 16.3 Å². The van der Waals surface area contributed by atoms with Gasteiger partial charge in [-0.15, -0.1) is 0 Å². The van der Waals surface area contributed by atoms with Crippen LogP contribution in [0.3, 0.4) is 0 Å². The predicted molar refractivity (Wildman–Crippen MR) is 86.1 cm³/mol. The molecule has 2 aromatic carbocycles. The van der Waals surface area contributed by atoms with Crippen LogP contribution in [0, 0.1) is 0 Å². The number of nitrogens with two attached hydrogens (primary N) is 1. The number of nitrogens with one attached hydrogen (secondary N) is 1. The summed E-state index contributed by atoms with van der Waals surface area (Å²) in [6, 6.07) is 13.1. The van der Waals surface area contributed by atoms with Crippen LogP contribution in [0.4, 0.5) is 5.69 Å². The molecule has 0 aromatic heterocycles. The van der Waals surface area contributed by atoms with Crippen LogP contribution in [0.2, 0.25) is 10.0 Å². The maximum Gasteiger partial charge on any atom is 0.107 e. The Morgan fingerprint density at radius 2 is 1.79 bits per heavy atom. The van der Waals surface area contributed by atoms with E-state index in [1.165, 1.54) is 0 Å². The lowest BCUT2D eigenvalue weighted by atomic mass is 10.1. The quantitative estimate of drug-likeness (QED) is 0.830. The molecule has 0 amide bonds. The van der Waals surface area contributed by atoms with Crippen molar-refractivity contribution in [3.05, 3.63) is 63.6 Å². The Morgan fingerprint density at radius 3 is 2.42 bits per heavy atom. The number of hydrogen-bond acceptors (Lipinski definition) is 2. The van der Waals surface area contributed by atoms with Gasteiger partial charge >= 0.3 is 0 Å². The molecule has 0 aliphatic carbocycles. The summed E-state index contributed by atoms with van der Waals surface area (Å²) in [6.45, 7) is 0.646. The van der Waals surface area contributed by atoms with Crippen molar-refractivity contribution in [3.63, 3.8) is 0 Å². The number of hydrogen-bond donors (Lipinski definition) is 2. The normalized spacial score (nSPS) is 10.2. The largest absolute Gasteiger partial charge is 0.389 e. The van der Waals surface area contributed by atoms with Crippen molar-refractivity contribution in [2.75, 3.05) is 5.32 Å². The van der Waals surface area contributed by atoms with E-state index in [9.17, 15) is 0 Å². The van der Waals surface area contributed by atoms with Gasteiger partial charge in [0, 0.05) is 17.3 Å². The van der Waals surface area contributed by atoms with Crippen molar-refractivity contribution < 1.29 is 0 Å². The minimum atomic E-state index is 0.282. The minimum absolute atomic E-state index is 0.282. The molecule has 0 radical (unpaired) electrons. The molecular formula is C14H12Cl2N2S. The zero-order chi connectivity index (χ0) is 13.8. The van der Waals surface area contributed by atoms with Crippen LogP contribution in [-0.2, 0) is 6.54 Å². The molecule has 0 spiro atoms. The van der Waals surface area contributed by atoms with Gasteiger partial charge in [0.05, 0.1) is 10.6 Å². The summed E-state index contributed by atoms with van der Waals surface area (Å²) >= 11 is 17.0. The van der Waals surface area contributed by atoms with Gasteiger partial charge in [-0.05, 0) is 29.8 Å². The van der Waals surface area contributed by atoms with Crippen molar-refractivity contribution in [2.24, 2.45) is 5.73 Å². The molecule has 0 saturated carbocycles. The van der Waals surface area contributed by atoms with E-state index >= 15 is 0 Å². The molecule has 0 heterocycles. The average molecular weight is 311 g/mol. The van der Waals surface area contributed by atoms with Gasteiger partial charge in [0.15, 0.2) is 0 Å². The van der Waals surface area contributed by atoms with Gasteiger partial charge < -0.3 is 11.1 Å². The molecular weight excluding hydrogens is 299 g/mol. The Hall–Kier alpha value is -1.29. The highest BCUT2D eigenvalue weighted by molar-refractivity contribution is 7.80. The maximum absolute atomic E-state index is 6.10. The van der Waals surface area contributed by atoms with Gasteiger partial charge in [0.25, 0.3) is 0 Å². The molecule has 98 valence electrons. The lowest BCUT2D eigenvalue weighted by Gasteiger charge is -2.12. The third-order valence-corrected chi connectivity index (χ3v) is 3.43. The Labute approximate surface area is 127 Å². The van der Waals surface area contributed by atoms with Gasteiger partial charge in [0.1, 0.15) is 4.99 Å². The molecule has 3 N–H and O–H groups in total. The third-order valence-electron chi connectivity index (χ3n) is 2.66. The second-order valence-electron chi connectivity index (χ2n) is 4.01. The van der Waals surface area contributed by atoms with Gasteiger partial charge in [-0.3, -0.25) is 0 Å². The first kappa shape index (κ1) is 14.1. The molecule has 0 atom stereocenters. The zero-order valence-electron chi connectivity index (χ0n) is 9.99. The van der Waals surface area contributed by atoms with Crippen molar-refractivity contribution in [3.8, 4) is 0 Å². The summed E-state index contributed by atoms with van der Waals surface area (Å²) < 4.78 is 0. The summed E-state index contributed by atoms with van der Waals surface area (Å²) in [5, 5.41) is 4.54. The Morgan fingerprint density at radius 1 is 1.11 bits per heavy atom. The smallest absolute Gasteiger partial charge is 0.107 e. The van der Waals surface area contributed by atoms with Crippen LogP contribution in [0.25, 0.3) is 0 Å². The predicted octanol–water partition coefficient (Wildman–Crippen LogP) is 4.24. The van der Waals surface area contributed by atoms with Crippen molar-refractivity contribution in [2.45, 2.75) is 6.54 Å². The van der Waals surface area contributed by atoms with Crippen molar-refractivity contribution in [1.82, 2.24) is 0 Å². The first-order valence-electron chi connectivity index (χ1n) is 5.64. The van der Waals surface area contributed by atoms with Gasteiger partial charge in [-0.25, -0.2) is 0 Å². The van der Waals surface area contributed by atoms with E-state index in [-0.39, 0.29) is 4.99 Å². The fourth-order valence-corrected chi connectivity index (χ4v) is 2.40. The van der Waals surface area contributed by atoms with E-state index in [1.807, 2.05) is 36.4 Å². The summed E-state index contributed by atoms with van der Waals surface area (Å²) in [5.41, 5.74) is 8.31. The summed E-state index contributed by atoms with van der Waals surface area (Å²) in [7, 11) is 0. The van der Waals surface area contributed by atoms with E-state index in [0.29, 0.717) is 17.1 Å². The van der Waals surface area contributed by atoms with Crippen LogP contribution in [0.5, 0.6) is 0 Å². The second kappa shape index (κ2) is 6.24. The zero-order valence-corrected chi connectivity index (χ0v) is 12.3. The molecule has 5 heteroatoms. The van der Waals surface area contributed by atoms with Gasteiger partial charge in [-0.2, -0.15) is 0 Å². The number of anilines is 1. The topological polar surface area (TPSA) is 38.0 Å². The summed E-state index contributed by atoms with van der Waals surface area (Å²) in [5.74, 6) is 0. The molecule has 0 unspecified atom stereocenters. The molecule has 0 aliphatic heterocycles. The Balaban J connectivity index is 2.18. The van der Waals surface area contributed by atoms with Gasteiger partial charge in [-0.1, -0.05) is 53.6 Å². The fourth-order valence-electron chi connectivity index (χ4n) is 1.72. The van der Waals surface area contributed by atoms with Gasteiger partial charge in [0.2, 0.25) is 0 Å². The van der Waals surface area contributed by atoms with Crippen LogP contribution in [-0.4, -0.2) is 4.99 Å². The second-order valence-corrected chi connectivity index (χ2v) is 5.29. The van der Waals surface area contributed by atoms with E-state index in [1.54, 1.807) is 6.07 Å². The highest BCUT2D eigenvalue weighted by Crippen LogP contribution is 2.24. The molecule has 2 nitrogen and oxygen atoms in total. The SMILES string of the molecule is NC(=S)c1c(Cl)cccc1NCc1ccc(Cl)cc1. The molecule has 0 fully saturated rings. The fraction of sp³-hybridized carbons (Fsp3) is 0.0714. The first-order chi connectivity index (χ1) is 9.08. The Bertz CT molecular complexity index is 597. The minimum Gasteiger partial charge on any atom is -0.389 e. The van der Waals surface area contributed by atoms with Crippen molar-refractivity contribution in [1.29, 1.82) is 0 Å². The highest BCUT2D eigenvalue weighted by atomic mass is 35.5. The number of thiocarbonyl (C=S) groups is 1. The lowest BCUT2D eigenvalue weighted by molar-refractivity contribution is 1.15. The number of rotatable bonds is 4. The molecule has 0 saturated heterocycles. The average Bonchev–Trinajstić information content (AvgIpc) is 2.37. The van der Waals surface area contributed by atoms with E-state index in [4.69, 9.17) is 41.2 Å². The maximum atomic E-state index is 6.10. The van der Waals surface area contributed by atoms with E-state index < -0.39 is 0 Å². The van der Waals surface area contributed by atoms with Crippen LogP contribution < -0.4 is 11.1 Å². The van der Waals surface area contributed by atoms with E-state index in [2.05, 4.69) is 5.32 Å². The first-order valence-corrected chi connectivity index (χ1v) is 6.81. The van der Waals surface area contributed by atoms with Crippen molar-refractivity contribution >= 4 is 46.1 Å².